The quantitative estimate of drug-likeness (QED) is 0.678. The normalized spacial score (nSPS) is 20.4. The molecule has 2 rings (SSSR count). The fraction of sp³-hybridized carbons (Fsp3) is 0.529. The standard InChI is InChI=1S/C17H25N3O2/c1-12-8-10-14(11-9-12)19-16(21)7-5-3-4-6-15-13(2)18-17(22)20-15/h8-11,13,15H,3-7H2,1-2H3,(H,19,21)(H2,18,20,22)/t13-,15-/m1/s1. The summed E-state index contributed by atoms with van der Waals surface area (Å²) in [5.41, 5.74) is 2.03. The maximum absolute atomic E-state index is 11.8. The molecule has 2 atom stereocenters. The molecule has 1 aliphatic rings. The molecule has 5 nitrogen and oxygen atoms in total. The first-order valence-corrected chi connectivity index (χ1v) is 7.98. The van der Waals surface area contributed by atoms with Crippen molar-refractivity contribution in [3.05, 3.63) is 29.8 Å². The molecular weight excluding hydrogens is 278 g/mol. The van der Waals surface area contributed by atoms with Crippen molar-refractivity contribution in [1.29, 1.82) is 0 Å². The third-order valence-electron chi connectivity index (χ3n) is 4.03. The lowest BCUT2D eigenvalue weighted by Crippen LogP contribution is -2.30. The molecule has 5 heteroatoms. The van der Waals surface area contributed by atoms with E-state index in [1.54, 1.807) is 0 Å². The van der Waals surface area contributed by atoms with E-state index < -0.39 is 0 Å². The fourth-order valence-electron chi connectivity index (χ4n) is 2.65. The average Bonchev–Trinajstić information content (AvgIpc) is 2.79. The number of rotatable bonds is 7. The predicted molar refractivity (Wildman–Crippen MR) is 87.8 cm³/mol. The van der Waals surface area contributed by atoms with Gasteiger partial charge in [0.15, 0.2) is 0 Å². The maximum atomic E-state index is 11.8. The number of carbonyl (C=O) groups excluding carboxylic acids is 2. The van der Waals surface area contributed by atoms with Crippen LogP contribution in [0.1, 0.15) is 44.6 Å². The van der Waals surface area contributed by atoms with Crippen LogP contribution in [-0.2, 0) is 4.79 Å². The maximum Gasteiger partial charge on any atom is 0.315 e. The van der Waals surface area contributed by atoms with Gasteiger partial charge in [-0.15, -0.1) is 0 Å². The van der Waals surface area contributed by atoms with E-state index in [1.807, 2.05) is 38.1 Å². The van der Waals surface area contributed by atoms with Crippen molar-refractivity contribution in [1.82, 2.24) is 10.6 Å². The van der Waals surface area contributed by atoms with Crippen LogP contribution in [0.2, 0.25) is 0 Å². The SMILES string of the molecule is Cc1ccc(NC(=O)CCCCC[C@H]2NC(=O)N[C@@H]2C)cc1. The van der Waals surface area contributed by atoms with Crippen molar-refractivity contribution in [3.8, 4) is 0 Å². The number of hydrogen-bond donors (Lipinski definition) is 3. The van der Waals surface area contributed by atoms with Gasteiger partial charge in [0.2, 0.25) is 5.91 Å². The topological polar surface area (TPSA) is 70.2 Å². The first kappa shape index (κ1) is 16.3. The Balaban J connectivity index is 1.57. The van der Waals surface area contributed by atoms with E-state index in [4.69, 9.17) is 0 Å². The molecule has 0 spiro atoms. The van der Waals surface area contributed by atoms with E-state index in [9.17, 15) is 9.59 Å². The van der Waals surface area contributed by atoms with Gasteiger partial charge in [0.1, 0.15) is 0 Å². The Labute approximate surface area is 131 Å². The highest BCUT2D eigenvalue weighted by Gasteiger charge is 2.26. The van der Waals surface area contributed by atoms with Crippen molar-refractivity contribution >= 4 is 17.6 Å². The summed E-state index contributed by atoms with van der Waals surface area (Å²) in [6, 6.07) is 8.15. The summed E-state index contributed by atoms with van der Waals surface area (Å²) < 4.78 is 0. The number of carbonyl (C=O) groups is 2. The van der Waals surface area contributed by atoms with Crippen LogP contribution in [-0.4, -0.2) is 24.0 Å². The second-order valence-corrected chi connectivity index (χ2v) is 6.03. The lowest BCUT2D eigenvalue weighted by molar-refractivity contribution is -0.116. The van der Waals surface area contributed by atoms with Gasteiger partial charge in [-0.2, -0.15) is 0 Å². The number of urea groups is 1. The molecule has 3 N–H and O–H groups in total. The van der Waals surface area contributed by atoms with Gasteiger partial charge in [0.25, 0.3) is 0 Å². The number of unbranched alkanes of at least 4 members (excludes halogenated alkanes) is 2. The summed E-state index contributed by atoms with van der Waals surface area (Å²) in [6.45, 7) is 4.03. The number of anilines is 1. The molecule has 3 amide bonds. The van der Waals surface area contributed by atoms with E-state index in [2.05, 4.69) is 16.0 Å². The fourth-order valence-corrected chi connectivity index (χ4v) is 2.65. The summed E-state index contributed by atoms with van der Waals surface area (Å²) in [4.78, 5) is 23.0. The molecule has 0 aliphatic carbocycles. The lowest BCUT2D eigenvalue weighted by atomic mass is 10.0. The van der Waals surface area contributed by atoms with Gasteiger partial charge in [-0.1, -0.05) is 30.5 Å². The zero-order valence-electron chi connectivity index (χ0n) is 13.3. The minimum Gasteiger partial charge on any atom is -0.334 e. The van der Waals surface area contributed by atoms with Crippen LogP contribution in [0.5, 0.6) is 0 Å². The summed E-state index contributed by atoms with van der Waals surface area (Å²) in [7, 11) is 0. The van der Waals surface area contributed by atoms with Gasteiger partial charge >= 0.3 is 6.03 Å². The van der Waals surface area contributed by atoms with Crippen LogP contribution < -0.4 is 16.0 Å². The van der Waals surface area contributed by atoms with Crippen LogP contribution in [0.4, 0.5) is 10.5 Å². The average molecular weight is 303 g/mol. The Hall–Kier alpha value is -2.04. The third kappa shape index (κ3) is 5.06. The molecule has 1 saturated heterocycles. The van der Waals surface area contributed by atoms with E-state index in [-0.39, 0.29) is 24.0 Å². The van der Waals surface area contributed by atoms with Crippen molar-refractivity contribution in [2.24, 2.45) is 0 Å². The highest BCUT2D eigenvalue weighted by Crippen LogP contribution is 2.13. The number of aryl methyl sites for hydroxylation is 1. The summed E-state index contributed by atoms with van der Waals surface area (Å²) in [6.07, 6.45) is 4.40. The minimum absolute atomic E-state index is 0.0630. The Kier molecular flexibility index (Phi) is 5.81. The van der Waals surface area contributed by atoms with Crippen LogP contribution in [0, 0.1) is 6.92 Å². The van der Waals surface area contributed by atoms with Crippen molar-refractivity contribution in [2.45, 2.75) is 58.0 Å². The van der Waals surface area contributed by atoms with Gasteiger partial charge < -0.3 is 16.0 Å². The Morgan fingerprint density at radius 2 is 1.86 bits per heavy atom. The molecule has 0 bridgehead atoms. The molecule has 22 heavy (non-hydrogen) atoms. The molecule has 0 unspecified atom stereocenters. The molecule has 1 heterocycles. The van der Waals surface area contributed by atoms with E-state index in [1.165, 1.54) is 5.56 Å². The number of benzene rings is 1. The minimum atomic E-state index is -0.0741. The Bertz CT molecular complexity index is 513. The Morgan fingerprint density at radius 1 is 1.14 bits per heavy atom. The summed E-state index contributed by atoms with van der Waals surface area (Å²) in [5.74, 6) is 0.0630. The summed E-state index contributed by atoms with van der Waals surface area (Å²) in [5, 5.41) is 8.66. The monoisotopic (exact) mass is 303 g/mol. The number of hydrogen-bond acceptors (Lipinski definition) is 2. The number of nitrogens with one attached hydrogen (secondary N) is 3. The highest BCUT2D eigenvalue weighted by atomic mass is 16.2. The van der Waals surface area contributed by atoms with Crippen molar-refractivity contribution in [2.75, 3.05) is 5.32 Å². The lowest BCUT2D eigenvalue weighted by Gasteiger charge is -2.13. The van der Waals surface area contributed by atoms with Gasteiger partial charge in [-0.05, 0) is 38.8 Å². The van der Waals surface area contributed by atoms with Crippen LogP contribution in [0.15, 0.2) is 24.3 Å². The third-order valence-corrected chi connectivity index (χ3v) is 4.03. The Morgan fingerprint density at radius 3 is 2.50 bits per heavy atom. The van der Waals surface area contributed by atoms with Gasteiger partial charge in [0, 0.05) is 18.2 Å². The first-order valence-electron chi connectivity index (χ1n) is 7.98. The predicted octanol–water partition coefficient (Wildman–Crippen LogP) is 2.95. The second-order valence-electron chi connectivity index (χ2n) is 6.03. The van der Waals surface area contributed by atoms with Crippen LogP contribution in [0.25, 0.3) is 0 Å². The molecule has 1 aliphatic heterocycles. The van der Waals surface area contributed by atoms with Gasteiger partial charge in [-0.3, -0.25) is 4.79 Å². The van der Waals surface area contributed by atoms with Gasteiger partial charge in [-0.25, -0.2) is 4.79 Å². The summed E-state index contributed by atoms with van der Waals surface area (Å²) >= 11 is 0. The molecule has 1 aromatic rings. The first-order chi connectivity index (χ1) is 10.5. The molecule has 120 valence electrons. The molecule has 0 radical (unpaired) electrons. The van der Waals surface area contributed by atoms with E-state index >= 15 is 0 Å². The molecule has 1 fully saturated rings. The number of amides is 3. The molecule has 0 aromatic heterocycles. The second kappa shape index (κ2) is 7.82. The highest BCUT2D eigenvalue weighted by molar-refractivity contribution is 5.90. The molecular formula is C17H25N3O2. The zero-order chi connectivity index (χ0) is 15.9. The van der Waals surface area contributed by atoms with Crippen molar-refractivity contribution < 1.29 is 9.59 Å². The van der Waals surface area contributed by atoms with Crippen molar-refractivity contribution in [3.63, 3.8) is 0 Å². The molecule has 0 saturated carbocycles. The smallest absolute Gasteiger partial charge is 0.315 e. The van der Waals surface area contributed by atoms with E-state index in [0.717, 1.165) is 31.4 Å². The van der Waals surface area contributed by atoms with E-state index in [0.29, 0.717) is 6.42 Å². The zero-order valence-corrected chi connectivity index (χ0v) is 13.3. The van der Waals surface area contributed by atoms with Crippen LogP contribution in [0.3, 0.4) is 0 Å². The molecule has 1 aromatic carbocycles. The van der Waals surface area contributed by atoms with Crippen LogP contribution >= 0.6 is 0 Å². The van der Waals surface area contributed by atoms with Gasteiger partial charge in [0.05, 0.1) is 6.04 Å². The largest absolute Gasteiger partial charge is 0.334 e.